The molecule has 0 saturated carbocycles. The van der Waals surface area contributed by atoms with Gasteiger partial charge in [-0.05, 0) is 44.7 Å². The van der Waals surface area contributed by atoms with E-state index in [4.69, 9.17) is 5.73 Å². The Hall–Kier alpha value is -0.870. The highest BCUT2D eigenvalue weighted by atomic mass is 32.1. The molecule has 1 aromatic rings. The van der Waals surface area contributed by atoms with Crippen LogP contribution in [0, 0.1) is 12.8 Å². The molecule has 2 heterocycles. The van der Waals surface area contributed by atoms with Gasteiger partial charge >= 0.3 is 0 Å². The van der Waals surface area contributed by atoms with Crippen molar-refractivity contribution in [2.45, 2.75) is 32.7 Å². The van der Waals surface area contributed by atoms with E-state index in [1.54, 1.807) is 11.3 Å². The normalized spacial score (nSPS) is 22.5. The smallest absolute Gasteiger partial charge is 0.263 e. The summed E-state index contributed by atoms with van der Waals surface area (Å²) in [7, 11) is 0. The highest BCUT2D eigenvalue weighted by Gasteiger charge is 2.26. The van der Waals surface area contributed by atoms with Gasteiger partial charge in [0.1, 0.15) is 0 Å². The minimum atomic E-state index is 0.174. The van der Waals surface area contributed by atoms with Crippen LogP contribution in [0.1, 0.15) is 34.3 Å². The van der Waals surface area contributed by atoms with Crippen molar-refractivity contribution in [1.82, 2.24) is 4.90 Å². The largest absolute Gasteiger partial charge is 0.338 e. The Bertz CT molecular complexity index is 400. The van der Waals surface area contributed by atoms with Crippen molar-refractivity contribution < 1.29 is 4.79 Å². The third kappa shape index (κ3) is 2.87. The van der Waals surface area contributed by atoms with Crippen LogP contribution in [0.15, 0.2) is 12.1 Å². The zero-order chi connectivity index (χ0) is 12.4. The first-order chi connectivity index (χ1) is 8.08. The maximum Gasteiger partial charge on any atom is 0.263 e. The summed E-state index contributed by atoms with van der Waals surface area (Å²) in [6, 6.07) is 4.11. The molecule has 1 aromatic heterocycles. The summed E-state index contributed by atoms with van der Waals surface area (Å²) in [6.07, 6.45) is 2.22. The standard InChI is InChI=1S/C13H20N2OS/c1-9-5-6-12(17-9)13(16)15-7-3-4-11(8-15)10(2)14/h5-6,10-11H,3-4,7-8,14H2,1-2H3. The second-order valence-corrected chi connectivity index (χ2v) is 6.21. The predicted molar refractivity (Wildman–Crippen MR) is 71.3 cm³/mol. The van der Waals surface area contributed by atoms with Crippen molar-refractivity contribution in [2.24, 2.45) is 11.7 Å². The molecule has 0 aliphatic carbocycles. The molecule has 1 fully saturated rings. The average Bonchev–Trinajstić information content (AvgIpc) is 2.75. The average molecular weight is 252 g/mol. The number of aryl methyl sites for hydroxylation is 1. The van der Waals surface area contributed by atoms with Gasteiger partial charge in [0.05, 0.1) is 4.88 Å². The number of amides is 1. The van der Waals surface area contributed by atoms with Gasteiger partial charge in [-0.15, -0.1) is 11.3 Å². The van der Waals surface area contributed by atoms with Crippen LogP contribution >= 0.6 is 11.3 Å². The number of piperidine rings is 1. The van der Waals surface area contributed by atoms with Crippen LogP contribution in [0.3, 0.4) is 0 Å². The summed E-state index contributed by atoms with van der Waals surface area (Å²) in [5.41, 5.74) is 5.94. The molecule has 2 unspecified atom stereocenters. The number of thiophene rings is 1. The van der Waals surface area contributed by atoms with Crippen LogP contribution in [0.5, 0.6) is 0 Å². The zero-order valence-corrected chi connectivity index (χ0v) is 11.3. The van der Waals surface area contributed by atoms with Crippen LogP contribution in [-0.4, -0.2) is 29.9 Å². The number of hydrogen-bond donors (Lipinski definition) is 1. The molecule has 4 heteroatoms. The van der Waals surface area contributed by atoms with E-state index in [0.717, 1.165) is 30.8 Å². The van der Waals surface area contributed by atoms with E-state index in [9.17, 15) is 4.79 Å². The van der Waals surface area contributed by atoms with Gasteiger partial charge in [-0.25, -0.2) is 0 Å². The van der Waals surface area contributed by atoms with Crippen LogP contribution in [0.4, 0.5) is 0 Å². The highest BCUT2D eigenvalue weighted by Crippen LogP contribution is 2.23. The fraction of sp³-hybridized carbons (Fsp3) is 0.615. The minimum absolute atomic E-state index is 0.174. The van der Waals surface area contributed by atoms with E-state index in [2.05, 4.69) is 0 Å². The first-order valence-electron chi connectivity index (χ1n) is 6.19. The molecule has 1 aliphatic rings. The lowest BCUT2D eigenvalue weighted by Gasteiger charge is -2.34. The van der Waals surface area contributed by atoms with E-state index in [-0.39, 0.29) is 11.9 Å². The highest BCUT2D eigenvalue weighted by molar-refractivity contribution is 7.13. The van der Waals surface area contributed by atoms with Crippen LogP contribution in [0.25, 0.3) is 0 Å². The lowest BCUT2D eigenvalue weighted by Crippen LogP contribution is -2.44. The molecule has 1 aliphatic heterocycles. The first kappa shape index (κ1) is 12.6. The van der Waals surface area contributed by atoms with E-state index in [1.165, 1.54) is 4.88 Å². The first-order valence-corrected chi connectivity index (χ1v) is 7.01. The summed E-state index contributed by atoms with van der Waals surface area (Å²) in [4.78, 5) is 16.3. The quantitative estimate of drug-likeness (QED) is 0.877. The van der Waals surface area contributed by atoms with Crippen molar-refractivity contribution in [3.05, 3.63) is 21.9 Å². The number of likely N-dealkylation sites (tertiary alicyclic amines) is 1. The minimum Gasteiger partial charge on any atom is -0.338 e. The Morgan fingerprint density at radius 2 is 2.35 bits per heavy atom. The monoisotopic (exact) mass is 252 g/mol. The lowest BCUT2D eigenvalue weighted by molar-refractivity contribution is 0.0666. The number of nitrogens with two attached hydrogens (primary N) is 1. The molecule has 17 heavy (non-hydrogen) atoms. The SMILES string of the molecule is Cc1ccc(C(=O)N2CCCC(C(C)N)C2)s1. The van der Waals surface area contributed by atoms with Gasteiger partial charge in [0.15, 0.2) is 0 Å². The molecule has 2 rings (SSSR count). The van der Waals surface area contributed by atoms with E-state index >= 15 is 0 Å². The number of hydrogen-bond acceptors (Lipinski definition) is 3. The molecule has 2 atom stereocenters. The third-order valence-corrected chi connectivity index (χ3v) is 4.43. The van der Waals surface area contributed by atoms with Gasteiger partial charge in [0.2, 0.25) is 0 Å². The summed E-state index contributed by atoms with van der Waals surface area (Å²) in [6.45, 7) is 5.75. The second-order valence-electron chi connectivity index (χ2n) is 4.92. The Balaban J connectivity index is 2.04. The molecule has 2 N–H and O–H groups in total. The lowest BCUT2D eigenvalue weighted by atomic mass is 9.92. The van der Waals surface area contributed by atoms with E-state index in [0.29, 0.717) is 5.92 Å². The molecule has 0 spiro atoms. The van der Waals surface area contributed by atoms with Crippen molar-refractivity contribution in [3.63, 3.8) is 0 Å². The Morgan fingerprint density at radius 1 is 1.59 bits per heavy atom. The molecule has 3 nitrogen and oxygen atoms in total. The number of nitrogens with zero attached hydrogens (tertiary/aromatic N) is 1. The molecule has 94 valence electrons. The molecule has 0 aromatic carbocycles. The number of carbonyl (C=O) groups is 1. The van der Waals surface area contributed by atoms with Gasteiger partial charge < -0.3 is 10.6 Å². The summed E-state index contributed by atoms with van der Waals surface area (Å²) in [5, 5.41) is 0. The van der Waals surface area contributed by atoms with E-state index in [1.807, 2.05) is 30.9 Å². The van der Waals surface area contributed by atoms with Crippen LogP contribution in [-0.2, 0) is 0 Å². The van der Waals surface area contributed by atoms with Crippen LogP contribution in [0.2, 0.25) is 0 Å². The summed E-state index contributed by atoms with van der Waals surface area (Å²) in [5.74, 6) is 0.627. The Labute approximate surface area is 107 Å². The van der Waals surface area contributed by atoms with Crippen molar-refractivity contribution in [3.8, 4) is 0 Å². The molecule has 1 saturated heterocycles. The summed E-state index contributed by atoms with van der Waals surface area (Å²) < 4.78 is 0. The van der Waals surface area contributed by atoms with Crippen molar-refractivity contribution >= 4 is 17.2 Å². The fourth-order valence-electron chi connectivity index (χ4n) is 2.33. The molecular formula is C13H20N2OS. The number of rotatable bonds is 2. The van der Waals surface area contributed by atoms with Gasteiger partial charge in [-0.3, -0.25) is 4.79 Å². The number of carbonyl (C=O) groups excluding carboxylic acids is 1. The van der Waals surface area contributed by atoms with E-state index < -0.39 is 0 Å². The Morgan fingerprint density at radius 3 is 2.94 bits per heavy atom. The maximum absolute atomic E-state index is 12.3. The third-order valence-electron chi connectivity index (χ3n) is 3.44. The molecular weight excluding hydrogens is 232 g/mol. The molecule has 1 amide bonds. The van der Waals surface area contributed by atoms with Crippen molar-refractivity contribution in [2.75, 3.05) is 13.1 Å². The van der Waals surface area contributed by atoms with Gasteiger partial charge in [-0.1, -0.05) is 0 Å². The second kappa shape index (κ2) is 5.19. The van der Waals surface area contributed by atoms with Crippen LogP contribution < -0.4 is 5.73 Å². The van der Waals surface area contributed by atoms with Crippen molar-refractivity contribution in [1.29, 1.82) is 0 Å². The zero-order valence-electron chi connectivity index (χ0n) is 10.5. The fourth-order valence-corrected chi connectivity index (χ4v) is 3.16. The summed E-state index contributed by atoms with van der Waals surface area (Å²) >= 11 is 1.58. The van der Waals surface area contributed by atoms with Gasteiger partial charge in [-0.2, -0.15) is 0 Å². The van der Waals surface area contributed by atoms with Gasteiger partial charge in [0, 0.05) is 24.0 Å². The maximum atomic E-state index is 12.3. The van der Waals surface area contributed by atoms with Gasteiger partial charge in [0.25, 0.3) is 5.91 Å². The Kier molecular flexibility index (Phi) is 3.84. The molecule has 0 bridgehead atoms. The molecule has 0 radical (unpaired) electrons. The topological polar surface area (TPSA) is 46.3 Å². The predicted octanol–water partition coefficient (Wildman–Crippen LogP) is 2.26.